The highest BCUT2D eigenvalue weighted by molar-refractivity contribution is 9.10. The van der Waals surface area contributed by atoms with Crippen molar-refractivity contribution < 1.29 is 5.11 Å². The maximum absolute atomic E-state index is 9.35. The van der Waals surface area contributed by atoms with Gasteiger partial charge in [0.2, 0.25) is 0 Å². The van der Waals surface area contributed by atoms with Crippen LogP contribution < -0.4 is 5.32 Å². The third kappa shape index (κ3) is 3.68. The molecule has 0 aromatic carbocycles. The van der Waals surface area contributed by atoms with Crippen LogP contribution in [0.4, 0.5) is 5.82 Å². The van der Waals surface area contributed by atoms with E-state index in [4.69, 9.17) is 0 Å². The lowest BCUT2D eigenvalue weighted by Crippen LogP contribution is -2.28. The second-order valence-corrected chi connectivity index (χ2v) is 5.53. The molecular formula is C13H19BrN2O. The van der Waals surface area contributed by atoms with E-state index in [0.29, 0.717) is 18.4 Å². The molecule has 2 unspecified atom stereocenters. The highest BCUT2D eigenvalue weighted by Crippen LogP contribution is 2.29. The van der Waals surface area contributed by atoms with Crippen molar-refractivity contribution in [2.24, 2.45) is 11.8 Å². The number of hydrogen-bond acceptors (Lipinski definition) is 3. The number of halogens is 1. The number of aliphatic hydroxyl groups is 1. The smallest absolute Gasteiger partial charge is 0.127 e. The van der Waals surface area contributed by atoms with Crippen LogP contribution in [0.15, 0.2) is 22.8 Å². The molecule has 17 heavy (non-hydrogen) atoms. The van der Waals surface area contributed by atoms with E-state index in [2.05, 4.69) is 26.2 Å². The average Bonchev–Trinajstić information content (AvgIpc) is 2.37. The van der Waals surface area contributed by atoms with Crippen molar-refractivity contribution in [1.29, 1.82) is 0 Å². The molecule has 1 heterocycles. The van der Waals surface area contributed by atoms with E-state index < -0.39 is 0 Å². The highest BCUT2D eigenvalue weighted by atomic mass is 79.9. The Labute approximate surface area is 111 Å². The number of aliphatic hydroxyl groups excluding tert-OH is 1. The van der Waals surface area contributed by atoms with Crippen LogP contribution in [0, 0.1) is 11.8 Å². The summed E-state index contributed by atoms with van der Waals surface area (Å²) in [6.45, 7) is 1.23. The third-order valence-corrected chi connectivity index (χ3v) is 4.00. The van der Waals surface area contributed by atoms with E-state index in [-0.39, 0.29) is 0 Å². The molecule has 0 radical (unpaired) electrons. The van der Waals surface area contributed by atoms with Crippen molar-refractivity contribution in [2.75, 3.05) is 18.5 Å². The molecule has 2 N–H and O–H groups in total. The molecule has 0 bridgehead atoms. The summed E-state index contributed by atoms with van der Waals surface area (Å²) < 4.78 is 0.852. The molecule has 3 nitrogen and oxygen atoms in total. The van der Waals surface area contributed by atoms with Crippen LogP contribution in [0.3, 0.4) is 0 Å². The zero-order valence-electron chi connectivity index (χ0n) is 9.90. The van der Waals surface area contributed by atoms with Crippen LogP contribution in [-0.2, 0) is 0 Å². The largest absolute Gasteiger partial charge is 0.396 e. The van der Waals surface area contributed by atoms with Crippen LogP contribution in [0.25, 0.3) is 0 Å². The number of anilines is 1. The maximum Gasteiger partial charge on any atom is 0.127 e. The van der Waals surface area contributed by atoms with Gasteiger partial charge in [0.1, 0.15) is 10.4 Å². The topological polar surface area (TPSA) is 45.1 Å². The van der Waals surface area contributed by atoms with Crippen LogP contribution in [0.2, 0.25) is 0 Å². The molecule has 1 saturated carbocycles. The molecule has 1 aliphatic carbocycles. The second kappa shape index (κ2) is 6.36. The monoisotopic (exact) mass is 298 g/mol. The minimum atomic E-state index is 0.318. The number of pyridine rings is 1. The number of nitrogens with one attached hydrogen (secondary N) is 1. The van der Waals surface area contributed by atoms with Crippen LogP contribution >= 0.6 is 15.9 Å². The molecular weight excluding hydrogens is 280 g/mol. The highest BCUT2D eigenvalue weighted by Gasteiger charge is 2.24. The van der Waals surface area contributed by atoms with Crippen molar-refractivity contribution in [3.63, 3.8) is 0 Å². The van der Waals surface area contributed by atoms with Gasteiger partial charge in [-0.05, 0) is 52.7 Å². The van der Waals surface area contributed by atoms with Gasteiger partial charge in [-0.1, -0.05) is 18.9 Å². The SMILES string of the molecule is OCC1CCCCC1CNc1cccc(Br)n1. The molecule has 2 atom stereocenters. The Morgan fingerprint density at radius 2 is 2.06 bits per heavy atom. The molecule has 1 aliphatic rings. The van der Waals surface area contributed by atoms with E-state index in [9.17, 15) is 5.11 Å². The zero-order chi connectivity index (χ0) is 12.1. The quantitative estimate of drug-likeness (QED) is 0.840. The number of nitrogens with zero attached hydrogens (tertiary/aromatic N) is 1. The zero-order valence-corrected chi connectivity index (χ0v) is 11.5. The minimum absolute atomic E-state index is 0.318. The van der Waals surface area contributed by atoms with Gasteiger partial charge in [-0.25, -0.2) is 4.98 Å². The fourth-order valence-electron chi connectivity index (χ4n) is 2.54. The van der Waals surface area contributed by atoms with Gasteiger partial charge in [0.05, 0.1) is 0 Å². The molecule has 0 saturated heterocycles. The lowest BCUT2D eigenvalue weighted by atomic mass is 9.79. The van der Waals surface area contributed by atoms with Gasteiger partial charge >= 0.3 is 0 Å². The Hall–Kier alpha value is -0.610. The summed E-state index contributed by atoms with van der Waals surface area (Å²) in [5.41, 5.74) is 0. The third-order valence-electron chi connectivity index (χ3n) is 3.56. The molecule has 94 valence electrons. The first-order valence-corrected chi connectivity index (χ1v) is 7.06. The fourth-order valence-corrected chi connectivity index (χ4v) is 2.88. The Morgan fingerprint density at radius 3 is 2.76 bits per heavy atom. The standard InChI is InChI=1S/C13H19BrN2O/c14-12-6-3-7-13(16-12)15-8-10-4-1-2-5-11(10)9-17/h3,6-7,10-11,17H,1-2,4-5,8-9H2,(H,15,16). The Morgan fingerprint density at radius 1 is 1.29 bits per heavy atom. The maximum atomic E-state index is 9.35. The molecule has 0 amide bonds. The summed E-state index contributed by atoms with van der Waals surface area (Å²) in [4.78, 5) is 4.35. The summed E-state index contributed by atoms with van der Waals surface area (Å²) in [6.07, 6.45) is 4.92. The molecule has 4 heteroatoms. The van der Waals surface area contributed by atoms with Gasteiger partial charge in [-0.3, -0.25) is 0 Å². The summed E-state index contributed by atoms with van der Waals surface area (Å²) in [6, 6.07) is 5.87. The predicted molar refractivity (Wildman–Crippen MR) is 73.0 cm³/mol. The fraction of sp³-hybridized carbons (Fsp3) is 0.615. The summed E-state index contributed by atoms with van der Waals surface area (Å²) in [5, 5.41) is 12.7. The van der Waals surface area contributed by atoms with Gasteiger partial charge in [0.15, 0.2) is 0 Å². The van der Waals surface area contributed by atoms with E-state index in [0.717, 1.165) is 23.4 Å². The molecule has 1 fully saturated rings. The van der Waals surface area contributed by atoms with E-state index in [1.807, 2.05) is 18.2 Å². The van der Waals surface area contributed by atoms with Gasteiger partial charge in [0.25, 0.3) is 0 Å². The van der Waals surface area contributed by atoms with Gasteiger partial charge < -0.3 is 10.4 Å². The van der Waals surface area contributed by atoms with Crippen LogP contribution in [0.5, 0.6) is 0 Å². The van der Waals surface area contributed by atoms with E-state index in [1.54, 1.807) is 0 Å². The Balaban J connectivity index is 1.88. The van der Waals surface area contributed by atoms with Crippen molar-refractivity contribution >= 4 is 21.7 Å². The van der Waals surface area contributed by atoms with Crippen molar-refractivity contribution in [3.8, 4) is 0 Å². The van der Waals surface area contributed by atoms with E-state index in [1.165, 1.54) is 19.3 Å². The van der Waals surface area contributed by atoms with Crippen molar-refractivity contribution in [3.05, 3.63) is 22.8 Å². The number of rotatable bonds is 4. The van der Waals surface area contributed by atoms with Crippen molar-refractivity contribution in [2.45, 2.75) is 25.7 Å². The Bertz CT molecular complexity index is 359. The molecule has 0 spiro atoms. The van der Waals surface area contributed by atoms with Gasteiger partial charge in [-0.15, -0.1) is 0 Å². The second-order valence-electron chi connectivity index (χ2n) is 4.71. The van der Waals surface area contributed by atoms with Gasteiger partial charge in [0, 0.05) is 13.2 Å². The van der Waals surface area contributed by atoms with Gasteiger partial charge in [-0.2, -0.15) is 0 Å². The Kier molecular flexibility index (Phi) is 4.80. The predicted octanol–water partition coefficient (Wildman–Crippen LogP) is 3.05. The molecule has 2 rings (SSSR count). The van der Waals surface area contributed by atoms with E-state index >= 15 is 0 Å². The number of aromatic nitrogens is 1. The molecule has 1 aromatic heterocycles. The first-order chi connectivity index (χ1) is 8.29. The van der Waals surface area contributed by atoms with Crippen molar-refractivity contribution in [1.82, 2.24) is 4.98 Å². The lowest BCUT2D eigenvalue weighted by Gasteiger charge is -2.30. The first kappa shape index (κ1) is 12.8. The normalized spacial score (nSPS) is 24.6. The molecule has 0 aliphatic heterocycles. The first-order valence-electron chi connectivity index (χ1n) is 6.27. The van der Waals surface area contributed by atoms with Crippen LogP contribution in [-0.4, -0.2) is 23.2 Å². The number of hydrogen-bond donors (Lipinski definition) is 2. The summed E-state index contributed by atoms with van der Waals surface area (Å²) >= 11 is 3.36. The summed E-state index contributed by atoms with van der Waals surface area (Å²) in [7, 11) is 0. The molecule has 1 aromatic rings. The lowest BCUT2D eigenvalue weighted by molar-refractivity contribution is 0.141. The average molecular weight is 299 g/mol. The minimum Gasteiger partial charge on any atom is -0.396 e. The van der Waals surface area contributed by atoms with Crippen LogP contribution in [0.1, 0.15) is 25.7 Å². The summed E-state index contributed by atoms with van der Waals surface area (Å²) in [5.74, 6) is 1.94.